The van der Waals surface area contributed by atoms with E-state index in [-0.39, 0.29) is 47.1 Å². The second-order valence-corrected chi connectivity index (χ2v) is 6.46. The van der Waals surface area contributed by atoms with Crippen LogP contribution in [0.15, 0.2) is 0 Å². The standard InChI is InChI=1S/C14H26N2O5S2.Na/c1-9(17)13(14(21)15-8-12(19)20)16-11(18)5-3-2-4-10(23)6-7-22;/h9-10,13,17,22-23H,2-8H2,1H3,(H,15,21)(H,16,18)(H,19,20);/q;+1/p-1/t9-,10?,13+;/m1./s1. The van der Waals surface area contributed by atoms with Gasteiger partial charge in [0.05, 0.1) is 18.6 Å². The van der Waals surface area contributed by atoms with E-state index >= 15 is 0 Å². The number of carboxylic acid groups (broad SMARTS) is 1. The van der Waals surface area contributed by atoms with Crippen LogP contribution in [-0.4, -0.2) is 52.6 Å². The summed E-state index contributed by atoms with van der Waals surface area (Å²) < 4.78 is 0. The van der Waals surface area contributed by atoms with Gasteiger partial charge in [-0.1, -0.05) is 6.42 Å². The van der Waals surface area contributed by atoms with Gasteiger partial charge in [-0.05, 0) is 31.9 Å². The number of carbonyl (C=O) groups excluding carboxylic acids is 3. The van der Waals surface area contributed by atoms with Crippen LogP contribution < -0.4 is 45.3 Å². The molecule has 24 heavy (non-hydrogen) atoms. The smallest absolute Gasteiger partial charge is 0.548 e. The monoisotopic (exact) mass is 388 g/mol. The molecule has 0 aliphatic rings. The fourth-order valence-electron chi connectivity index (χ4n) is 1.88. The fraction of sp³-hybridized carbons (Fsp3) is 0.786. The third-order valence-corrected chi connectivity index (χ3v) is 3.92. The fourth-order valence-corrected chi connectivity index (χ4v) is 2.71. The van der Waals surface area contributed by atoms with Gasteiger partial charge in [-0.15, -0.1) is 0 Å². The molecular weight excluding hydrogens is 363 g/mol. The Bertz CT molecular complexity index is 399. The SMILES string of the molecule is C[C@@H](O)[C@H](NC(=O)CCCCC(S)CCS)C(=O)NCC(=O)[O-].[Na+]. The molecule has 0 aromatic rings. The van der Waals surface area contributed by atoms with Crippen LogP contribution in [0.2, 0.25) is 0 Å². The Labute approximate surface area is 175 Å². The first-order valence-corrected chi connectivity index (χ1v) is 8.66. The van der Waals surface area contributed by atoms with Crippen molar-refractivity contribution in [2.24, 2.45) is 0 Å². The molecule has 0 fully saturated rings. The molecule has 0 spiro atoms. The molecule has 0 aliphatic carbocycles. The largest absolute Gasteiger partial charge is 1.00 e. The predicted molar refractivity (Wildman–Crippen MR) is 91.3 cm³/mol. The average Bonchev–Trinajstić information content (AvgIpc) is 2.46. The minimum atomic E-state index is -1.45. The van der Waals surface area contributed by atoms with Crippen LogP contribution in [0, 0.1) is 0 Å². The minimum absolute atomic E-state index is 0. The molecule has 0 bridgehead atoms. The van der Waals surface area contributed by atoms with Crippen molar-refractivity contribution >= 4 is 43.0 Å². The third-order valence-electron chi connectivity index (χ3n) is 3.14. The van der Waals surface area contributed by atoms with Crippen molar-refractivity contribution in [2.45, 2.75) is 56.4 Å². The number of nitrogens with one attached hydrogen (secondary N) is 2. The van der Waals surface area contributed by atoms with Crippen LogP contribution in [0.4, 0.5) is 0 Å². The molecular formula is C14H25N2NaO5S2. The van der Waals surface area contributed by atoms with Crippen molar-refractivity contribution in [3.05, 3.63) is 0 Å². The summed E-state index contributed by atoms with van der Waals surface area (Å²) >= 11 is 8.52. The van der Waals surface area contributed by atoms with E-state index in [0.717, 1.165) is 25.0 Å². The molecule has 0 saturated carbocycles. The molecule has 7 nitrogen and oxygen atoms in total. The number of carboxylic acids is 1. The van der Waals surface area contributed by atoms with E-state index in [2.05, 4.69) is 35.9 Å². The zero-order valence-electron chi connectivity index (χ0n) is 14.2. The van der Waals surface area contributed by atoms with Crippen LogP contribution in [0.3, 0.4) is 0 Å². The Morgan fingerprint density at radius 3 is 2.33 bits per heavy atom. The number of amides is 2. The van der Waals surface area contributed by atoms with Crippen molar-refractivity contribution in [1.82, 2.24) is 10.6 Å². The van der Waals surface area contributed by atoms with Crippen LogP contribution in [-0.2, 0) is 14.4 Å². The van der Waals surface area contributed by atoms with E-state index in [1.807, 2.05) is 0 Å². The molecule has 1 unspecified atom stereocenters. The average molecular weight is 388 g/mol. The number of hydrogen-bond acceptors (Lipinski definition) is 7. The summed E-state index contributed by atoms with van der Waals surface area (Å²) in [5.41, 5.74) is 0. The van der Waals surface area contributed by atoms with E-state index in [1.165, 1.54) is 6.92 Å². The van der Waals surface area contributed by atoms with Crippen LogP contribution in [0.5, 0.6) is 0 Å². The maximum absolute atomic E-state index is 11.8. The summed E-state index contributed by atoms with van der Waals surface area (Å²) in [5.74, 6) is -1.81. The van der Waals surface area contributed by atoms with E-state index in [9.17, 15) is 24.6 Å². The van der Waals surface area contributed by atoms with Gasteiger partial charge in [0.1, 0.15) is 6.04 Å². The van der Waals surface area contributed by atoms with Crippen LogP contribution in [0.25, 0.3) is 0 Å². The Hall–Kier alpha value is 0.0700. The molecule has 0 radical (unpaired) electrons. The Kier molecular flexibility index (Phi) is 16.8. The second-order valence-electron chi connectivity index (χ2n) is 5.29. The summed E-state index contributed by atoms with van der Waals surface area (Å²) in [5, 5.41) is 24.6. The van der Waals surface area contributed by atoms with Gasteiger partial charge < -0.3 is 25.6 Å². The van der Waals surface area contributed by atoms with Crippen molar-refractivity contribution in [1.29, 1.82) is 0 Å². The van der Waals surface area contributed by atoms with Gasteiger partial charge in [0.15, 0.2) is 0 Å². The van der Waals surface area contributed by atoms with Gasteiger partial charge in [-0.2, -0.15) is 25.3 Å². The van der Waals surface area contributed by atoms with Gasteiger partial charge in [-0.3, -0.25) is 9.59 Å². The Morgan fingerprint density at radius 1 is 1.21 bits per heavy atom. The van der Waals surface area contributed by atoms with Crippen molar-refractivity contribution in [2.75, 3.05) is 12.3 Å². The molecule has 2 amide bonds. The molecule has 0 aliphatic heterocycles. The predicted octanol–water partition coefficient (Wildman–Crippen LogP) is -4.10. The van der Waals surface area contributed by atoms with E-state index in [4.69, 9.17) is 0 Å². The summed E-state index contributed by atoms with van der Waals surface area (Å²) in [7, 11) is 0. The quantitative estimate of drug-likeness (QED) is 0.132. The number of aliphatic hydroxyl groups excluding tert-OH is 1. The topological polar surface area (TPSA) is 119 Å². The maximum atomic E-state index is 11.8. The molecule has 10 heteroatoms. The van der Waals surface area contributed by atoms with Gasteiger partial charge in [0, 0.05) is 11.7 Å². The first kappa shape index (κ1) is 26.3. The summed E-state index contributed by atoms with van der Waals surface area (Å²) in [6.45, 7) is 0.666. The number of thiol groups is 2. The zero-order valence-corrected chi connectivity index (χ0v) is 17.9. The molecule has 134 valence electrons. The first-order chi connectivity index (χ1) is 10.8. The molecule has 0 aromatic carbocycles. The van der Waals surface area contributed by atoms with Crippen molar-refractivity contribution in [3.8, 4) is 0 Å². The van der Waals surface area contributed by atoms with E-state index in [1.54, 1.807) is 0 Å². The van der Waals surface area contributed by atoms with Crippen LogP contribution >= 0.6 is 25.3 Å². The molecule has 0 rings (SSSR count). The van der Waals surface area contributed by atoms with Crippen molar-refractivity contribution < 1.29 is 54.2 Å². The maximum Gasteiger partial charge on any atom is 1.00 e. The van der Waals surface area contributed by atoms with Gasteiger partial charge >= 0.3 is 29.6 Å². The van der Waals surface area contributed by atoms with Gasteiger partial charge in [0.2, 0.25) is 11.8 Å². The minimum Gasteiger partial charge on any atom is -0.548 e. The van der Waals surface area contributed by atoms with Gasteiger partial charge in [0.25, 0.3) is 0 Å². The second kappa shape index (κ2) is 15.3. The number of aliphatic carboxylic acids is 1. The third kappa shape index (κ3) is 13.4. The van der Waals surface area contributed by atoms with Gasteiger partial charge in [-0.25, -0.2) is 0 Å². The van der Waals surface area contributed by atoms with Crippen molar-refractivity contribution in [3.63, 3.8) is 0 Å². The number of aliphatic hydroxyl groups is 1. The zero-order chi connectivity index (χ0) is 17.8. The summed E-state index contributed by atoms with van der Waals surface area (Å²) in [4.78, 5) is 33.8. The van der Waals surface area contributed by atoms with E-state index < -0.39 is 30.6 Å². The van der Waals surface area contributed by atoms with Crippen LogP contribution in [0.1, 0.15) is 39.0 Å². The molecule has 0 heterocycles. The number of rotatable bonds is 12. The van der Waals surface area contributed by atoms with E-state index in [0.29, 0.717) is 6.42 Å². The first-order valence-electron chi connectivity index (χ1n) is 7.51. The number of unbranched alkanes of at least 4 members (excludes halogenated alkanes) is 1. The molecule has 0 aromatic heterocycles. The number of carbonyl (C=O) groups is 3. The molecule has 3 N–H and O–H groups in total. The normalized spacial score (nSPS) is 14.0. The summed E-state index contributed by atoms with van der Waals surface area (Å²) in [6.07, 6.45) is 2.33. The summed E-state index contributed by atoms with van der Waals surface area (Å²) in [6, 6.07) is -1.19. The Balaban J connectivity index is 0. The molecule has 3 atom stereocenters. The number of hydrogen-bond donors (Lipinski definition) is 5. The molecule has 0 saturated heterocycles. The Morgan fingerprint density at radius 2 is 1.83 bits per heavy atom.